The molecule has 33 heavy (non-hydrogen) atoms. The number of aromatic nitrogens is 2. The molecule has 2 aromatic rings. The minimum absolute atomic E-state index is 0.186. The number of nitrogens with one attached hydrogen (secondary N) is 2. The molecule has 0 aliphatic carbocycles. The second-order valence-corrected chi connectivity index (χ2v) is 7.78. The van der Waals surface area contributed by atoms with Crippen molar-refractivity contribution >= 4 is 29.5 Å². The standard InChI is InChI=1S/C23H28N6O4/c1-15-19(33-17-8-9-26-18(12-17)16(13-24-4)14-25-5)6-7-20(27-15)28-22(31)29-10-11-32-23(2,3)21(29)30/h6-9,12-14,24H,10-11H2,1-5H3,(H,27,28,31)/b16-13+,25-14-. The highest BCUT2D eigenvalue weighted by Crippen LogP contribution is 2.27. The number of morpholine rings is 1. The molecule has 1 saturated heterocycles. The van der Waals surface area contributed by atoms with E-state index in [1.807, 2.05) is 0 Å². The zero-order chi connectivity index (χ0) is 24.0. The second-order valence-electron chi connectivity index (χ2n) is 7.78. The normalized spacial score (nSPS) is 16.1. The van der Waals surface area contributed by atoms with Crippen molar-refractivity contribution in [3.8, 4) is 11.5 Å². The molecule has 0 aromatic carbocycles. The molecule has 0 unspecified atom stereocenters. The Bertz CT molecular complexity index is 1100. The summed E-state index contributed by atoms with van der Waals surface area (Å²) in [6, 6.07) is 6.32. The monoisotopic (exact) mass is 452 g/mol. The number of hydrogen-bond donors (Lipinski definition) is 2. The summed E-state index contributed by atoms with van der Waals surface area (Å²) in [5.74, 6) is 1.03. The fourth-order valence-electron chi connectivity index (χ4n) is 3.21. The lowest BCUT2D eigenvalue weighted by molar-refractivity contribution is -0.160. The number of amides is 3. The summed E-state index contributed by atoms with van der Waals surface area (Å²) < 4.78 is 11.4. The Labute approximate surface area is 192 Å². The molecule has 1 aliphatic heterocycles. The van der Waals surface area contributed by atoms with Crippen molar-refractivity contribution in [1.82, 2.24) is 20.2 Å². The van der Waals surface area contributed by atoms with E-state index in [9.17, 15) is 9.59 Å². The molecule has 3 amide bonds. The van der Waals surface area contributed by atoms with E-state index in [4.69, 9.17) is 9.47 Å². The summed E-state index contributed by atoms with van der Waals surface area (Å²) >= 11 is 0. The van der Waals surface area contributed by atoms with Gasteiger partial charge in [0.1, 0.15) is 22.9 Å². The number of imide groups is 1. The van der Waals surface area contributed by atoms with Crippen molar-refractivity contribution in [3.63, 3.8) is 0 Å². The van der Waals surface area contributed by atoms with E-state index in [1.165, 1.54) is 0 Å². The highest BCUT2D eigenvalue weighted by atomic mass is 16.5. The number of pyridine rings is 2. The third-order valence-corrected chi connectivity index (χ3v) is 4.88. The van der Waals surface area contributed by atoms with Crippen molar-refractivity contribution in [1.29, 1.82) is 0 Å². The summed E-state index contributed by atoms with van der Waals surface area (Å²) in [5.41, 5.74) is 1.03. The Morgan fingerprint density at radius 1 is 1.33 bits per heavy atom. The number of aryl methyl sites for hydroxylation is 1. The van der Waals surface area contributed by atoms with Crippen LogP contribution in [0.2, 0.25) is 0 Å². The number of carbonyl (C=O) groups is 2. The van der Waals surface area contributed by atoms with Gasteiger partial charge in [0.15, 0.2) is 0 Å². The first-order chi connectivity index (χ1) is 15.7. The quantitative estimate of drug-likeness (QED) is 0.647. The summed E-state index contributed by atoms with van der Waals surface area (Å²) in [6.07, 6.45) is 5.15. The van der Waals surface area contributed by atoms with Gasteiger partial charge < -0.3 is 14.8 Å². The summed E-state index contributed by atoms with van der Waals surface area (Å²) in [4.78, 5) is 39.0. The number of allylic oxidation sites excluding steroid dienone is 1. The van der Waals surface area contributed by atoms with Gasteiger partial charge in [0, 0.05) is 44.3 Å². The molecule has 10 nitrogen and oxygen atoms in total. The Morgan fingerprint density at radius 3 is 2.82 bits per heavy atom. The minimum Gasteiger partial charge on any atom is -0.455 e. The predicted octanol–water partition coefficient (Wildman–Crippen LogP) is 3.01. The molecule has 3 heterocycles. The number of urea groups is 1. The van der Waals surface area contributed by atoms with Gasteiger partial charge >= 0.3 is 6.03 Å². The minimum atomic E-state index is -1.04. The van der Waals surface area contributed by atoms with Crippen LogP contribution in [-0.4, -0.2) is 65.9 Å². The van der Waals surface area contributed by atoms with Gasteiger partial charge in [0.25, 0.3) is 5.91 Å². The van der Waals surface area contributed by atoms with Crippen molar-refractivity contribution in [2.24, 2.45) is 4.99 Å². The first kappa shape index (κ1) is 23.9. The Balaban J connectivity index is 1.73. The summed E-state index contributed by atoms with van der Waals surface area (Å²) in [5, 5.41) is 5.64. The van der Waals surface area contributed by atoms with Gasteiger partial charge in [0.2, 0.25) is 0 Å². The highest BCUT2D eigenvalue weighted by molar-refractivity contribution is 6.08. The van der Waals surface area contributed by atoms with Crippen molar-refractivity contribution in [2.75, 3.05) is 32.6 Å². The van der Waals surface area contributed by atoms with Gasteiger partial charge in [-0.1, -0.05) is 0 Å². The van der Waals surface area contributed by atoms with Crippen LogP contribution in [-0.2, 0) is 9.53 Å². The fourth-order valence-corrected chi connectivity index (χ4v) is 3.21. The summed E-state index contributed by atoms with van der Waals surface area (Å²) in [7, 11) is 3.49. The van der Waals surface area contributed by atoms with Gasteiger partial charge in [-0.25, -0.2) is 9.78 Å². The predicted molar refractivity (Wildman–Crippen MR) is 126 cm³/mol. The molecule has 0 bridgehead atoms. The maximum absolute atomic E-state index is 12.6. The number of carbonyl (C=O) groups excluding carboxylic acids is 2. The third kappa shape index (κ3) is 5.72. The van der Waals surface area contributed by atoms with E-state index in [-0.39, 0.29) is 13.2 Å². The molecule has 2 N–H and O–H groups in total. The first-order valence-electron chi connectivity index (χ1n) is 10.4. The number of ether oxygens (including phenoxy) is 2. The SMILES string of the molecule is C/N=C\C(=C/NC)c1cc(Oc2ccc(NC(=O)N3CCOC(C)(C)C3=O)nc2C)ccn1. The summed E-state index contributed by atoms with van der Waals surface area (Å²) in [6.45, 7) is 5.52. The van der Waals surface area contributed by atoms with Crippen LogP contribution >= 0.6 is 0 Å². The molecule has 0 radical (unpaired) electrons. The van der Waals surface area contributed by atoms with Crippen LogP contribution < -0.4 is 15.4 Å². The molecule has 1 aliphatic rings. The van der Waals surface area contributed by atoms with Crippen LogP contribution in [0.15, 0.2) is 41.7 Å². The molecule has 2 aromatic heterocycles. The Kier molecular flexibility index (Phi) is 7.39. The van der Waals surface area contributed by atoms with Gasteiger partial charge in [-0.3, -0.25) is 25.0 Å². The van der Waals surface area contributed by atoms with Crippen molar-refractivity contribution in [2.45, 2.75) is 26.4 Å². The topological polar surface area (TPSA) is 118 Å². The van der Waals surface area contributed by atoms with E-state index in [0.29, 0.717) is 28.7 Å². The molecular formula is C23H28N6O4. The molecule has 1 fully saturated rings. The van der Waals surface area contributed by atoms with E-state index >= 15 is 0 Å². The van der Waals surface area contributed by atoms with Crippen LogP contribution in [0.25, 0.3) is 5.57 Å². The molecule has 10 heteroatoms. The van der Waals surface area contributed by atoms with Crippen LogP contribution in [0.4, 0.5) is 10.6 Å². The van der Waals surface area contributed by atoms with Crippen LogP contribution in [0.1, 0.15) is 25.2 Å². The van der Waals surface area contributed by atoms with Gasteiger partial charge in [0.05, 0.1) is 24.5 Å². The second kappa shape index (κ2) is 10.2. The molecule has 0 saturated carbocycles. The number of nitrogens with zero attached hydrogens (tertiary/aromatic N) is 4. The van der Waals surface area contributed by atoms with Crippen LogP contribution in [0, 0.1) is 6.92 Å². The van der Waals surface area contributed by atoms with Gasteiger partial charge in [-0.15, -0.1) is 0 Å². The van der Waals surface area contributed by atoms with E-state index in [2.05, 4.69) is 25.6 Å². The van der Waals surface area contributed by atoms with E-state index in [1.54, 1.807) is 77.7 Å². The molecule has 0 spiro atoms. The van der Waals surface area contributed by atoms with Crippen molar-refractivity contribution in [3.05, 3.63) is 48.1 Å². The largest absolute Gasteiger partial charge is 0.455 e. The third-order valence-electron chi connectivity index (χ3n) is 4.88. The lowest BCUT2D eigenvalue weighted by atomic mass is 10.1. The average Bonchev–Trinajstić information content (AvgIpc) is 2.77. The zero-order valence-corrected chi connectivity index (χ0v) is 19.4. The maximum atomic E-state index is 12.6. The lowest BCUT2D eigenvalue weighted by Crippen LogP contribution is -2.56. The average molecular weight is 453 g/mol. The highest BCUT2D eigenvalue weighted by Gasteiger charge is 2.39. The van der Waals surface area contributed by atoms with E-state index in [0.717, 1.165) is 10.5 Å². The van der Waals surface area contributed by atoms with E-state index < -0.39 is 17.5 Å². The number of rotatable bonds is 6. The molecule has 174 valence electrons. The Hall–Kier alpha value is -3.79. The van der Waals surface area contributed by atoms with Crippen LogP contribution in [0.5, 0.6) is 11.5 Å². The fraction of sp³-hybridized carbons (Fsp3) is 0.348. The van der Waals surface area contributed by atoms with Crippen LogP contribution in [0.3, 0.4) is 0 Å². The zero-order valence-electron chi connectivity index (χ0n) is 19.4. The number of anilines is 1. The maximum Gasteiger partial charge on any atom is 0.329 e. The number of aliphatic imine (C=N–C) groups is 1. The van der Waals surface area contributed by atoms with Gasteiger partial charge in [-0.05, 0) is 39.0 Å². The number of hydrogen-bond acceptors (Lipinski definition) is 8. The molecular weight excluding hydrogens is 424 g/mol. The van der Waals surface area contributed by atoms with Crippen molar-refractivity contribution < 1.29 is 19.1 Å². The van der Waals surface area contributed by atoms with Gasteiger partial charge in [-0.2, -0.15) is 0 Å². The lowest BCUT2D eigenvalue weighted by Gasteiger charge is -2.35. The molecule has 0 atom stereocenters. The Morgan fingerprint density at radius 2 is 2.12 bits per heavy atom. The first-order valence-corrected chi connectivity index (χ1v) is 10.4. The smallest absolute Gasteiger partial charge is 0.329 e. The molecule has 3 rings (SSSR count).